The molecule has 0 spiro atoms. The largest absolute Gasteiger partial charge is 0.355 e. The predicted molar refractivity (Wildman–Crippen MR) is 105 cm³/mol. The summed E-state index contributed by atoms with van der Waals surface area (Å²) in [5.74, 6) is 1.60. The number of hydrogen-bond donors (Lipinski definition) is 1. The molecule has 1 atom stereocenters. The van der Waals surface area contributed by atoms with Gasteiger partial charge in [0.25, 0.3) is 0 Å². The van der Waals surface area contributed by atoms with E-state index in [0.29, 0.717) is 0 Å². The molecule has 27 heavy (non-hydrogen) atoms. The van der Waals surface area contributed by atoms with Gasteiger partial charge in [-0.3, -0.25) is 4.79 Å². The number of carbonyl (C=O) groups is 1. The second kappa shape index (κ2) is 8.65. The number of likely N-dealkylation sites (tertiary alicyclic amines) is 1. The lowest BCUT2D eigenvalue weighted by atomic mass is 9.97. The van der Waals surface area contributed by atoms with Crippen LogP contribution in [0.15, 0.2) is 30.3 Å². The molecule has 2 aliphatic heterocycles. The van der Waals surface area contributed by atoms with Gasteiger partial charge in [-0.1, -0.05) is 36.8 Å². The standard InChI is InChI=1S/C21H29N5O/c27-21(22-12-8-15-25-13-5-2-6-14-25)18-11-7-16-26-19(23-24-20(18)26)17-9-3-1-4-10-17/h1,3-4,9-10,18H,2,5-8,11-16H2,(H,22,27). The van der Waals surface area contributed by atoms with Crippen molar-refractivity contribution in [1.82, 2.24) is 25.0 Å². The fraction of sp³-hybridized carbons (Fsp3) is 0.571. The summed E-state index contributed by atoms with van der Waals surface area (Å²) >= 11 is 0. The van der Waals surface area contributed by atoms with Crippen LogP contribution in [0.5, 0.6) is 0 Å². The molecule has 1 aromatic carbocycles. The molecule has 1 N–H and O–H groups in total. The lowest BCUT2D eigenvalue weighted by Crippen LogP contribution is -2.36. The summed E-state index contributed by atoms with van der Waals surface area (Å²) in [6, 6.07) is 10.1. The third kappa shape index (κ3) is 4.21. The van der Waals surface area contributed by atoms with Crippen molar-refractivity contribution in [3.63, 3.8) is 0 Å². The van der Waals surface area contributed by atoms with Crippen LogP contribution < -0.4 is 5.32 Å². The minimum absolute atomic E-state index is 0.0987. The van der Waals surface area contributed by atoms with Crippen LogP contribution in [0.4, 0.5) is 0 Å². The van der Waals surface area contributed by atoms with Crippen LogP contribution in [0.25, 0.3) is 11.4 Å². The van der Waals surface area contributed by atoms with Crippen molar-refractivity contribution < 1.29 is 4.79 Å². The van der Waals surface area contributed by atoms with E-state index in [1.807, 2.05) is 30.3 Å². The smallest absolute Gasteiger partial charge is 0.230 e. The summed E-state index contributed by atoms with van der Waals surface area (Å²) in [4.78, 5) is 15.3. The van der Waals surface area contributed by atoms with Crippen molar-refractivity contribution in [3.8, 4) is 11.4 Å². The molecule has 1 fully saturated rings. The Hall–Kier alpha value is -2.21. The summed E-state index contributed by atoms with van der Waals surface area (Å²) in [5.41, 5.74) is 1.05. The summed E-state index contributed by atoms with van der Waals surface area (Å²) in [6.07, 6.45) is 6.84. The van der Waals surface area contributed by atoms with E-state index in [2.05, 4.69) is 25.0 Å². The molecule has 3 heterocycles. The third-order valence-corrected chi connectivity index (χ3v) is 5.71. The fourth-order valence-electron chi connectivity index (χ4n) is 4.25. The molecule has 1 unspecified atom stereocenters. The van der Waals surface area contributed by atoms with Crippen LogP contribution in [0.2, 0.25) is 0 Å². The maximum atomic E-state index is 12.8. The van der Waals surface area contributed by atoms with E-state index in [4.69, 9.17) is 0 Å². The summed E-state index contributed by atoms with van der Waals surface area (Å²) < 4.78 is 2.12. The fourth-order valence-corrected chi connectivity index (χ4v) is 4.25. The number of nitrogens with zero attached hydrogens (tertiary/aromatic N) is 4. The topological polar surface area (TPSA) is 63.1 Å². The van der Waals surface area contributed by atoms with Gasteiger partial charge in [0.2, 0.25) is 5.91 Å². The van der Waals surface area contributed by atoms with Gasteiger partial charge in [-0.25, -0.2) is 0 Å². The maximum absolute atomic E-state index is 12.8. The highest BCUT2D eigenvalue weighted by molar-refractivity contribution is 5.83. The van der Waals surface area contributed by atoms with Crippen LogP contribution in [0.3, 0.4) is 0 Å². The Balaban J connectivity index is 1.35. The highest BCUT2D eigenvalue weighted by atomic mass is 16.1. The maximum Gasteiger partial charge on any atom is 0.230 e. The molecule has 4 rings (SSSR count). The van der Waals surface area contributed by atoms with Crippen LogP contribution in [0, 0.1) is 0 Å². The average molecular weight is 367 g/mol. The van der Waals surface area contributed by atoms with Gasteiger partial charge in [-0.15, -0.1) is 10.2 Å². The van der Waals surface area contributed by atoms with Gasteiger partial charge in [0, 0.05) is 18.7 Å². The Labute approximate surface area is 161 Å². The van der Waals surface area contributed by atoms with Gasteiger partial charge < -0.3 is 14.8 Å². The van der Waals surface area contributed by atoms with Gasteiger partial charge >= 0.3 is 0 Å². The molecule has 0 bridgehead atoms. The Morgan fingerprint density at radius 1 is 1.04 bits per heavy atom. The van der Waals surface area contributed by atoms with Crippen molar-refractivity contribution in [1.29, 1.82) is 0 Å². The minimum atomic E-state index is -0.182. The highest BCUT2D eigenvalue weighted by Gasteiger charge is 2.30. The van der Waals surface area contributed by atoms with Gasteiger partial charge in [0.1, 0.15) is 5.82 Å². The molecular formula is C21H29N5O. The zero-order valence-corrected chi connectivity index (χ0v) is 15.9. The molecule has 6 nitrogen and oxygen atoms in total. The van der Waals surface area contributed by atoms with Crippen molar-refractivity contribution in [2.75, 3.05) is 26.2 Å². The number of aromatic nitrogens is 3. The second-order valence-electron chi connectivity index (χ2n) is 7.64. The molecule has 1 amide bonds. The molecule has 0 saturated carbocycles. The van der Waals surface area contributed by atoms with E-state index in [-0.39, 0.29) is 11.8 Å². The van der Waals surface area contributed by atoms with E-state index in [0.717, 1.165) is 56.1 Å². The van der Waals surface area contributed by atoms with E-state index in [1.54, 1.807) is 0 Å². The predicted octanol–water partition coefficient (Wildman–Crippen LogP) is 2.81. The molecule has 1 aromatic heterocycles. The van der Waals surface area contributed by atoms with Gasteiger partial charge in [0.15, 0.2) is 5.82 Å². The Kier molecular flexibility index (Phi) is 5.82. The molecule has 2 aliphatic rings. The molecule has 144 valence electrons. The summed E-state index contributed by atoms with van der Waals surface area (Å²) in [5, 5.41) is 11.9. The number of piperidine rings is 1. The molecule has 0 aliphatic carbocycles. The zero-order valence-electron chi connectivity index (χ0n) is 15.9. The number of rotatable bonds is 6. The van der Waals surface area contributed by atoms with Crippen molar-refractivity contribution in [2.24, 2.45) is 0 Å². The van der Waals surface area contributed by atoms with E-state index < -0.39 is 0 Å². The summed E-state index contributed by atoms with van der Waals surface area (Å²) in [6.45, 7) is 5.12. The SMILES string of the molecule is O=C(NCCCN1CCCCC1)C1CCCn2c(-c3ccccc3)nnc21. The average Bonchev–Trinajstić information content (AvgIpc) is 3.17. The first-order valence-electron chi connectivity index (χ1n) is 10.3. The molecule has 6 heteroatoms. The third-order valence-electron chi connectivity index (χ3n) is 5.71. The first kappa shape index (κ1) is 18.2. The van der Waals surface area contributed by atoms with E-state index >= 15 is 0 Å². The van der Waals surface area contributed by atoms with Crippen molar-refractivity contribution in [3.05, 3.63) is 36.2 Å². The minimum Gasteiger partial charge on any atom is -0.355 e. The lowest BCUT2D eigenvalue weighted by molar-refractivity contribution is -0.123. The Morgan fingerprint density at radius 2 is 1.85 bits per heavy atom. The van der Waals surface area contributed by atoms with E-state index in [1.165, 1.54) is 32.4 Å². The number of hydrogen-bond acceptors (Lipinski definition) is 4. The van der Waals surface area contributed by atoms with Crippen LogP contribution in [-0.2, 0) is 11.3 Å². The first-order chi connectivity index (χ1) is 13.3. The number of nitrogens with one attached hydrogen (secondary N) is 1. The Bertz CT molecular complexity index is 751. The van der Waals surface area contributed by atoms with Crippen LogP contribution in [0.1, 0.15) is 50.3 Å². The molecular weight excluding hydrogens is 338 g/mol. The highest BCUT2D eigenvalue weighted by Crippen LogP contribution is 2.30. The lowest BCUT2D eigenvalue weighted by Gasteiger charge is -2.26. The molecule has 0 radical (unpaired) electrons. The van der Waals surface area contributed by atoms with E-state index in [9.17, 15) is 4.79 Å². The number of fused-ring (bicyclic) bond motifs is 1. The molecule has 2 aromatic rings. The van der Waals surface area contributed by atoms with Crippen molar-refractivity contribution >= 4 is 5.91 Å². The van der Waals surface area contributed by atoms with Crippen molar-refractivity contribution in [2.45, 2.75) is 51.0 Å². The van der Waals surface area contributed by atoms with Crippen LogP contribution >= 0.6 is 0 Å². The Morgan fingerprint density at radius 3 is 2.67 bits per heavy atom. The number of carbonyl (C=O) groups excluding carboxylic acids is 1. The van der Waals surface area contributed by atoms with Crippen LogP contribution in [-0.4, -0.2) is 51.8 Å². The monoisotopic (exact) mass is 367 g/mol. The van der Waals surface area contributed by atoms with Gasteiger partial charge in [-0.2, -0.15) is 0 Å². The molecule has 1 saturated heterocycles. The summed E-state index contributed by atoms with van der Waals surface area (Å²) in [7, 11) is 0. The number of amides is 1. The first-order valence-corrected chi connectivity index (χ1v) is 10.3. The quantitative estimate of drug-likeness (QED) is 0.798. The second-order valence-corrected chi connectivity index (χ2v) is 7.64. The number of benzene rings is 1. The van der Waals surface area contributed by atoms with Gasteiger partial charge in [0.05, 0.1) is 5.92 Å². The van der Waals surface area contributed by atoms with Gasteiger partial charge in [-0.05, 0) is 51.7 Å². The zero-order chi connectivity index (χ0) is 18.5. The normalized spacial score (nSPS) is 20.2.